The third kappa shape index (κ3) is 4.70. The Bertz CT molecular complexity index is 478. The summed E-state index contributed by atoms with van der Waals surface area (Å²) in [4.78, 5) is 11.5. The highest BCUT2D eigenvalue weighted by Gasteiger charge is 2.31. The van der Waals surface area contributed by atoms with E-state index >= 15 is 0 Å². The van der Waals surface area contributed by atoms with E-state index in [0.717, 1.165) is 29.3 Å². The molecule has 0 bridgehead atoms. The Morgan fingerprint density at radius 1 is 1.26 bits per heavy atom. The van der Waals surface area contributed by atoms with Crippen LogP contribution in [0.5, 0.6) is 0 Å². The lowest BCUT2D eigenvalue weighted by Gasteiger charge is -2.22. The molecule has 0 aliphatic carbocycles. The Hall–Kier alpha value is -1.30. The van der Waals surface area contributed by atoms with Gasteiger partial charge in [0.25, 0.3) is 5.56 Å². The number of hydrogen-bond acceptors (Lipinski definition) is 2. The van der Waals surface area contributed by atoms with Gasteiger partial charge in [0.05, 0.1) is 5.56 Å². The minimum Gasteiger partial charge on any atom is -0.330 e. The standard InChI is InChI=1S/C13H19F3N2O/c1-12(2,9-17)6-3-7-18-8-10(13(14,15)16)4-5-11(18)19/h4-5,8H,3,6-7,9,17H2,1-2H3. The van der Waals surface area contributed by atoms with Gasteiger partial charge in [-0.3, -0.25) is 4.79 Å². The second kappa shape index (κ2) is 5.77. The van der Waals surface area contributed by atoms with Crippen LogP contribution in [-0.4, -0.2) is 11.1 Å². The van der Waals surface area contributed by atoms with Crippen molar-refractivity contribution in [1.29, 1.82) is 0 Å². The monoisotopic (exact) mass is 276 g/mol. The van der Waals surface area contributed by atoms with E-state index in [4.69, 9.17) is 5.73 Å². The molecule has 1 aromatic heterocycles. The average Bonchev–Trinajstić information content (AvgIpc) is 2.30. The van der Waals surface area contributed by atoms with E-state index in [1.807, 2.05) is 13.8 Å². The molecule has 0 amide bonds. The molecule has 3 nitrogen and oxygen atoms in total. The topological polar surface area (TPSA) is 48.0 Å². The van der Waals surface area contributed by atoms with E-state index in [-0.39, 0.29) is 12.0 Å². The van der Waals surface area contributed by atoms with Crippen molar-refractivity contribution in [1.82, 2.24) is 4.57 Å². The maximum Gasteiger partial charge on any atom is 0.417 e. The number of alkyl halides is 3. The van der Waals surface area contributed by atoms with E-state index < -0.39 is 17.3 Å². The smallest absolute Gasteiger partial charge is 0.330 e. The maximum atomic E-state index is 12.5. The molecule has 0 unspecified atom stereocenters. The van der Waals surface area contributed by atoms with Gasteiger partial charge in [0.2, 0.25) is 0 Å². The molecule has 0 atom stereocenters. The third-order valence-corrected chi connectivity index (χ3v) is 3.12. The maximum absolute atomic E-state index is 12.5. The molecule has 0 saturated carbocycles. The normalized spacial score (nSPS) is 12.7. The first-order valence-electron chi connectivity index (χ1n) is 6.13. The van der Waals surface area contributed by atoms with Crippen LogP contribution in [0.25, 0.3) is 0 Å². The summed E-state index contributed by atoms with van der Waals surface area (Å²) in [6.07, 6.45) is -2.18. The minimum atomic E-state index is -4.42. The molecule has 6 heteroatoms. The average molecular weight is 276 g/mol. The van der Waals surface area contributed by atoms with Crippen LogP contribution in [-0.2, 0) is 12.7 Å². The second-order valence-electron chi connectivity index (χ2n) is 5.42. The molecular weight excluding hydrogens is 257 g/mol. The van der Waals surface area contributed by atoms with Gasteiger partial charge in [-0.1, -0.05) is 13.8 Å². The van der Waals surface area contributed by atoms with Crippen molar-refractivity contribution in [2.75, 3.05) is 6.54 Å². The number of aromatic nitrogens is 1. The van der Waals surface area contributed by atoms with Gasteiger partial charge in [-0.25, -0.2) is 0 Å². The van der Waals surface area contributed by atoms with Crippen LogP contribution >= 0.6 is 0 Å². The summed E-state index contributed by atoms with van der Waals surface area (Å²) >= 11 is 0. The van der Waals surface area contributed by atoms with Crippen molar-refractivity contribution in [3.8, 4) is 0 Å². The summed E-state index contributed by atoms with van der Waals surface area (Å²) in [7, 11) is 0. The summed E-state index contributed by atoms with van der Waals surface area (Å²) < 4.78 is 38.7. The molecule has 0 spiro atoms. The summed E-state index contributed by atoms with van der Waals surface area (Å²) in [5.74, 6) is 0. The lowest BCUT2D eigenvalue weighted by Crippen LogP contribution is -2.25. The third-order valence-electron chi connectivity index (χ3n) is 3.12. The van der Waals surface area contributed by atoms with Crippen molar-refractivity contribution in [3.63, 3.8) is 0 Å². The molecular formula is C13H19F3N2O. The molecule has 0 fully saturated rings. The number of hydrogen-bond donors (Lipinski definition) is 1. The van der Waals surface area contributed by atoms with Crippen LogP contribution in [0.15, 0.2) is 23.1 Å². The second-order valence-corrected chi connectivity index (χ2v) is 5.42. The molecule has 2 N–H and O–H groups in total. The molecule has 0 aliphatic heterocycles. The zero-order valence-electron chi connectivity index (χ0n) is 11.1. The molecule has 19 heavy (non-hydrogen) atoms. The minimum absolute atomic E-state index is 0.0642. The van der Waals surface area contributed by atoms with Gasteiger partial charge in [-0.15, -0.1) is 0 Å². The van der Waals surface area contributed by atoms with Gasteiger partial charge < -0.3 is 10.3 Å². The van der Waals surface area contributed by atoms with E-state index in [1.165, 1.54) is 0 Å². The fourth-order valence-electron chi connectivity index (χ4n) is 1.70. The lowest BCUT2D eigenvalue weighted by atomic mass is 9.88. The molecule has 0 aromatic carbocycles. The quantitative estimate of drug-likeness (QED) is 0.898. The Balaban J connectivity index is 2.76. The van der Waals surface area contributed by atoms with Gasteiger partial charge >= 0.3 is 6.18 Å². The number of nitrogens with two attached hydrogens (primary N) is 1. The van der Waals surface area contributed by atoms with Crippen LogP contribution in [0.1, 0.15) is 32.3 Å². The van der Waals surface area contributed by atoms with Crippen LogP contribution in [0, 0.1) is 5.41 Å². The van der Waals surface area contributed by atoms with Crippen LogP contribution in [0.3, 0.4) is 0 Å². The first-order chi connectivity index (χ1) is 8.65. The summed E-state index contributed by atoms with van der Waals surface area (Å²) in [5.41, 5.74) is 4.30. The van der Waals surface area contributed by atoms with Crippen LogP contribution in [0.4, 0.5) is 13.2 Å². The van der Waals surface area contributed by atoms with Gasteiger partial charge in [0.1, 0.15) is 0 Å². The number of rotatable bonds is 5. The molecule has 1 rings (SSSR count). The first-order valence-corrected chi connectivity index (χ1v) is 6.13. The predicted molar refractivity (Wildman–Crippen MR) is 67.8 cm³/mol. The largest absolute Gasteiger partial charge is 0.417 e. The van der Waals surface area contributed by atoms with Gasteiger partial charge in [-0.05, 0) is 30.9 Å². The number of nitrogens with zero attached hydrogens (tertiary/aromatic N) is 1. The molecule has 0 aliphatic rings. The van der Waals surface area contributed by atoms with Crippen molar-refractivity contribution in [3.05, 3.63) is 34.2 Å². The molecule has 108 valence electrons. The summed E-state index contributed by atoms with van der Waals surface area (Å²) in [5, 5.41) is 0. The molecule has 0 saturated heterocycles. The van der Waals surface area contributed by atoms with Crippen molar-refractivity contribution >= 4 is 0 Å². The number of pyridine rings is 1. The van der Waals surface area contributed by atoms with Crippen molar-refractivity contribution in [2.24, 2.45) is 11.1 Å². The van der Waals surface area contributed by atoms with Gasteiger partial charge in [-0.2, -0.15) is 13.2 Å². The first kappa shape index (κ1) is 15.8. The molecule has 1 aromatic rings. The van der Waals surface area contributed by atoms with Crippen LogP contribution in [0.2, 0.25) is 0 Å². The van der Waals surface area contributed by atoms with E-state index in [1.54, 1.807) is 0 Å². The fourth-order valence-corrected chi connectivity index (χ4v) is 1.70. The highest BCUT2D eigenvalue weighted by Crippen LogP contribution is 2.28. The molecule has 1 heterocycles. The van der Waals surface area contributed by atoms with E-state index in [0.29, 0.717) is 13.0 Å². The summed E-state index contributed by atoms with van der Waals surface area (Å²) in [6.45, 7) is 4.75. The Morgan fingerprint density at radius 3 is 2.42 bits per heavy atom. The van der Waals surface area contributed by atoms with E-state index in [9.17, 15) is 18.0 Å². The Labute approximate surface area is 110 Å². The van der Waals surface area contributed by atoms with Crippen molar-refractivity contribution < 1.29 is 13.2 Å². The Kier molecular flexibility index (Phi) is 4.79. The van der Waals surface area contributed by atoms with E-state index in [2.05, 4.69) is 0 Å². The van der Waals surface area contributed by atoms with Gasteiger partial charge in [0, 0.05) is 18.8 Å². The fraction of sp³-hybridized carbons (Fsp3) is 0.615. The lowest BCUT2D eigenvalue weighted by molar-refractivity contribution is -0.138. The SMILES string of the molecule is CC(C)(CN)CCCn1cc(C(F)(F)F)ccc1=O. The summed E-state index contributed by atoms with van der Waals surface area (Å²) in [6, 6.07) is 1.76. The Morgan fingerprint density at radius 2 is 1.89 bits per heavy atom. The number of halogens is 3. The number of aryl methyl sites for hydroxylation is 1. The predicted octanol–water partition coefficient (Wildman–Crippen LogP) is 2.63. The van der Waals surface area contributed by atoms with Gasteiger partial charge in [0.15, 0.2) is 0 Å². The highest BCUT2D eigenvalue weighted by atomic mass is 19.4. The van der Waals surface area contributed by atoms with Crippen LogP contribution < -0.4 is 11.3 Å². The van der Waals surface area contributed by atoms with Crippen molar-refractivity contribution in [2.45, 2.75) is 39.4 Å². The molecule has 0 radical (unpaired) electrons. The highest BCUT2D eigenvalue weighted by molar-refractivity contribution is 5.13. The zero-order chi connectivity index (χ0) is 14.7. The zero-order valence-corrected chi connectivity index (χ0v) is 11.1.